The van der Waals surface area contributed by atoms with Crippen molar-refractivity contribution in [3.63, 3.8) is 0 Å². The summed E-state index contributed by atoms with van der Waals surface area (Å²) in [6, 6.07) is 10.9. The first-order chi connectivity index (χ1) is 12.3. The second kappa shape index (κ2) is 8.15. The van der Waals surface area contributed by atoms with Crippen molar-refractivity contribution in [2.45, 2.75) is 19.4 Å². The van der Waals surface area contributed by atoms with E-state index in [-0.39, 0.29) is 29.8 Å². The topological polar surface area (TPSA) is 115 Å². The van der Waals surface area contributed by atoms with Crippen LogP contribution in [0.25, 0.3) is 0 Å². The van der Waals surface area contributed by atoms with Gasteiger partial charge in [-0.3, -0.25) is 9.59 Å². The van der Waals surface area contributed by atoms with E-state index in [1.165, 1.54) is 35.2 Å². The van der Waals surface area contributed by atoms with Gasteiger partial charge < -0.3 is 20.2 Å². The number of nitrogens with zero attached hydrogens (tertiary/aromatic N) is 1. The molecule has 2 aromatic rings. The van der Waals surface area contributed by atoms with Crippen LogP contribution in [0.4, 0.5) is 0 Å². The monoisotopic (exact) mass is 357 g/mol. The highest BCUT2D eigenvalue weighted by atomic mass is 16.4. The lowest BCUT2D eigenvalue weighted by atomic mass is 9.99. The molecule has 2 rings (SSSR count). The van der Waals surface area contributed by atoms with Gasteiger partial charge in [-0.25, -0.2) is 4.79 Å². The van der Waals surface area contributed by atoms with Crippen LogP contribution >= 0.6 is 0 Å². The second-order valence-corrected chi connectivity index (χ2v) is 5.65. The third-order valence-corrected chi connectivity index (χ3v) is 4.01. The molecule has 0 fully saturated rings. The molecule has 7 heteroatoms. The van der Waals surface area contributed by atoms with Gasteiger partial charge in [0.1, 0.15) is 5.75 Å². The Morgan fingerprint density at radius 2 is 1.54 bits per heavy atom. The van der Waals surface area contributed by atoms with Gasteiger partial charge in [-0.15, -0.1) is 0 Å². The molecule has 0 heterocycles. The summed E-state index contributed by atoms with van der Waals surface area (Å²) < 4.78 is 0. The van der Waals surface area contributed by atoms with Gasteiger partial charge in [-0.05, 0) is 36.8 Å². The lowest BCUT2D eigenvalue weighted by Gasteiger charge is -2.31. The number of carboxylic acid groups (broad SMARTS) is 2. The van der Waals surface area contributed by atoms with Crippen molar-refractivity contribution in [3.05, 3.63) is 65.2 Å². The zero-order valence-electron chi connectivity index (χ0n) is 14.1. The Labute approximate surface area is 150 Å². The number of carbonyl (C=O) groups is 3. The summed E-state index contributed by atoms with van der Waals surface area (Å²) in [6.45, 7) is 1.88. The summed E-state index contributed by atoms with van der Waals surface area (Å²) in [4.78, 5) is 37.0. The number of carboxylic acids is 2. The highest BCUT2D eigenvalue weighted by Crippen LogP contribution is 2.28. The Bertz CT molecular complexity index is 815. The number of benzene rings is 2. The van der Waals surface area contributed by atoms with Crippen LogP contribution in [0, 0.1) is 0 Å². The lowest BCUT2D eigenvalue weighted by Crippen LogP contribution is -2.36. The average molecular weight is 357 g/mol. The van der Waals surface area contributed by atoms with Crippen LogP contribution in [0.5, 0.6) is 5.75 Å². The van der Waals surface area contributed by atoms with Gasteiger partial charge in [-0.1, -0.05) is 24.3 Å². The van der Waals surface area contributed by atoms with Crippen LogP contribution in [-0.2, 0) is 4.79 Å². The fourth-order valence-corrected chi connectivity index (χ4v) is 2.79. The van der Waals surface area contributed by atoms with E-state index in [1.54, 1.807) is 25.1 Å². The van der Waals surface area contributed by atoms with Crippen molar-refractivity contribution in [2.75, 3.05) is 6.54 Å². The normalized spacial score (nSPS) is 11.6. The SMILES string of the molecule is CCN(C(=O)c1ccccc1C(=O)O)C(CC(=O)O)c1ccc(O)cc1. The summed E-state index contributed by atoms with van der Waals surface area (Å²) in [5, 5.41) is 28.0. The van der Waals surface area contributed by atoms with Crippen LogP contribution < -0.4 is 0 Å². The highest BCUT2D eigenvalue weighted by molar-refractivity contribution is 6.05. The Morgan fingerprint density at radius 3 is 2.04 bits per heavy atom. The third kappa shape index (κ3) is 4.18. The maximum absolute atomic E-state index is 13.0. The molecule has 0 aliphatic heterocycles. The zero-order chi connectivity index (χ0) is 19.3. The number of aromatic carboxylic acids is 1. The zero-order valence-corrected chi connectivity index (χ0v) is 14.1. The Hall–Kier alpha value is -3.35. The average Bonchev–Trinajstić information content (AvgIpc) is 2.61. The van der Waals surface area contributed by atoms with Crippen molar-refractivity contribution >= 4 is 17.8 Å². The number of aliphatic carboxylic acids is 1. The smallest absolute Gasteiger partial charge is 0.336 e. The van der Waals surface area contributed by atoms with Crippen LogP contribution in [0.1, 0.15) is 45.7 Å². The summed E-state index contributed by atoms with van der Waals surface area (Å²) in [7, 11) is 0. The number of amides is 1. The predicted molar refractivity (Wildman–Crippen MR) is 93.2 cm³/mol. The summed E-state index contributed by atoms with van der Waals surface area (Å²) >= 11 is 0. The van der Waals surface area contributed by atoms with Gasteiger partial charge in [0, 0.05) is 6.54 Å². The minimum absolute atomic E-state index is 0.00369. The molecule has 2 aromatic carbocycles. The van der Waals surface area contributed by atoms with Gasteiger partial charge in [-0.2, -0.15) is 0 Å². The van der Waals surface area contributed by atoms with Crippen molar-refractivity contribution in [3.8, 4) is 5.75 Å². The van der Waals surface area contributed by atoms with E-state index in [0.29, 0.717) is 5.56 Å². The van der Waals surface area contributed by atoms with Crippen molar-refractivity contribution in [2.24, 2.45) is 0 Å². The lowest BCUT2D eigenvalue weighted by molar-refractivity contribution is -0.138. The minimum atomic E-state index is -1.23. The largest absolute Gasteiger partial charge is 0.508 e. The van der Waals surface area contributed by atoms with Crippen LogP contribution in [0.3, 0.4) is 0 Å². The first kappa shape index (κ1) is 19.0. The van der Waals surface area contributed by atoms with Gasteiger partial charge in [0.2, 0.25) is 0 Å². The highest BCUT2D eigenvalue weighted by Gasteiger charge is 2.29. The standard InChI is InChI=1S/C19H19NO6/c1-2-20(18(24)14-5-3-4-6-15(14)19(25)26)16(11-17(22)23)12-7-9-13(21)10-8-12/h3-10,16,21H,2,11H2,1H3,(H,22,23)(H,25,26). The number of carbonyl (C=O) groups excluding carboxylic acids is 1. The molecule has 0 radical (unpaired) electrons. The molecule has 7 nitrogen and oxygen atoms in total. The first-order valence-corrected chi connectivity index (χ1v) is 7.99. The maximum Gasteiger partial charge on any atom is 0.336 e. The van der Waals surface area contributed by atoms with Crippen LogP contribution in [0.15, 0.2) is 48.5 Å². The van der Waals surface area contributed by atoms with Gasteiger partial charge in [0.15, 0.2) is 0 Å². The fraction of sp³-hybridized carbons (Fsp3) is 0.211. The van der Waals surface area contributed by atoms with E-state index in [4.69, 9.17) is 0 Å². The third-order valence-electron chi connectivity index (χ3n) is 4.01. The minimum Gasteiger partial charge on any atom is -0.508 e. The van der Waals surface area contributed by atoms with Crippen LogP contribution in [-0.4, -0.2) is 44.6 Å². The van der Waals surface area contributed by atoms with E-state index in [9.17, 15) is 29.7 Å². The molecule has 1 unspecified atom stereocenters. The summed E-state index contributed by atoms with van der Waals surface area (Å²) in [5.74, 6) is -2.87. The molecule has 1 atom stereocenters. The van der Waals surface area contributed by atoms with Crippen molar-refractivity contribution in [1.29, 1.82) is 0 Å². The number of hydrogen-bond donors (Lipinski definition) is 3. The molecule has 1 amide bonds. The number of aromatic hydroxyl groups is 1. The Morgan fingerprint density at radius 1 is 0.962 bits per heavy atom. The summed E-state index contributed by atoms with van der Waals surface area (Å²) in [6.07, 6.45) is -0.348. The molecular formula is C19H19NO6. The molecule has 0 saturated heterocycles. The number of phenolic OH excluding ortho intramolecular Hbond substituents is 1. The number of rotatable bonds is 7. The van der Waals surface area contributed by atoms with E-state index in [1.807, 2.05) is 0 Å². The van der Waals surface area contributed by atoms with Crippen molar-refractivity contribution in [1.82, 2.24) is 4.90 Å². The Balaban J connectivity index is 2.47. The molecule has 0 aromatic heterocycles. The van der Waals surface area contributed by atoms with Gasteiger partial charge in [0.25, 0.3) is 5.91 Å². The first-order valence-electron chi connectivity index (χ1n) is 7.99. The van der Waals surface area contributed by atoms with E-state index in [2.05, 4.69) is 0 Å². The number of phenols is 1. The second-order valence-electron chi connectivity index (χ2n) is 5.65. The fourth-order valence-electron chi connectivity index (χ4n) is 2.79. The van der Waals surface area contributed by atoms with Gasteiger partial charge in [0.05, 0.1) is 23.6 Å². The molecule has 0 saturated carbocycles. The Kier molecular flexibility index (Phi) is 5.95. The molecular weight excluding hydrogens is 338 g/mol. The molecule has 0 spiro atoms. The summed E-state index contributed by atoms with van der Waals surface area (Å²) in [5.41, 5.74) is 0.389. The number of hydrogen-bond acceptors (Lipinski definition) is 4. The van der Waals surface area contributed by atoms with E-state index in [0.717, 1.165) is 0 Å². The molecule has 26 heavy (non-hydrogen) atoms. The van der Waals surface area contributed by atoms with Crippen LogP contribution in [0.2, 0.25) is 0 Å². The maximum atomic E-state index is 13.0. The molecule has 3 N–H and O–H groups in total. The van der Waals surface area contributed by atoms with E-state index < -0.39 is 23.9 Å². The van der Waals surface area contributed by atoms with Crippen molar-refractivity contribution < 1.29 is 29.7 Å². The molecule has 0 aliphatic carbocycles. The predicted octanol–water partition coefficient (Wildman–Crippen LogP) is 2.77. The molecule has 0 aliphatic rings. The molecule has 136 valence electrons. The van der Waals surface area contributed by atoms with E-state index >= 15 is 0 Å². The molecule has 0 bridgehead atoms. The quantitative estimate of drug-likeness (QED) is 0.702. The van der Waals surface area contributed by atoms with Gasteiger partial charge >= 0.3 is 11.9 Å².